The SMILES string of the molecule is CCCNCC(C)Oc1ccc(C)c(F)c1. The number of rotatable bonds is 6. The summed E-state index contributed by atoms with van der Waals surface area (Å²) in [5, 5.41) is 3.26. The van der Waals surface area contributed by atoms with Crippen LogP contribution in [0.2, 0.25) is 0 Å². The molecule has 1 aromatic rings. The predicted molar refractivity (Wildman–Crippen MR) is 64.4 cm³/mol. The molecule has 0 saturated carbocycles. The highest BCUT2D eigenvalue weighted by molar-refractivity contribution is 5.28. The molecule has 0 spiro atoms. The Bertz CT molecular complexity index is 328. The zero-order valence-electron chi connectivity index (χ0n) is 10.2. The molecule has 0 aliphatic heterocycles. The maximum Gasteiger partial charge on any atom is 0.129 e. The number of benzene rings is 1. The van der Waals surface area contributed by atoms with Gasteiger partial charge in [0.2, 0.25) is 0 Å². The van der Waals surface area contributed by atoms with Crippen molar-refractivity contribution >= 4 is 0 Å². The van der Waals surface area contributed by atoms with Gasteiger partial charge in [-0.2, -0.15) is 0 Å². The molecule has 0 fully saturated rings. The van der Waals surface area contributed by atoms with E-state index in [4.69, 9.17) is 4.74 Å². The average molecular weight is 225 g/mol. The quantitative estimate of drug-likeness (QED) is 0.752. The van der Waals surface area contributed by atoms with E-state index in [1.54, 1.807) is 19.1 Å². The molecule has 0 aliphatic rings. The zero-order chi connectivity index (χ0) is 12.0. The van der Waals surface area contributed by atoms with Crippen LogP contribution in [-0.2, 0) is 0 Å². The molecule has 1 unspecified atom stereocenters. The Kier molecular flexibility index (Phi) is 5.26. The van der Waals surface area contributed by atoms with E-state index >= 15 is 0 Å². The van der Waals surface area contributed by atoms with Crippen LogP contribution < -0.4 is 10.1 Å². The highest BCUT2D eigenvalue weighted by Gasteiger charge is 2.05. The lowest BCUT2D eigenvalue weighted by molar-refractivity contribution is 0.216. The molecule has 0 saturated heterocycles. The van der Waals surface area contributed by atoms with Crippen LogP contribution in [0, 0.1) is 12.7 Å². The van der Waals surface area contributed by atoms with Crippen LogP contribution in [-0.4, -0.2) is 19.2 Å². The van der Waals surface area contributed by atoms with Gasteiger partial charge in [0.25, 0.3) is 0 Å². The second-order valence-electron chi connectivity index (χ2n) is 4.04. The number of hydrogen-bond acceptors (Lipinski definition) is 2. The smallest absolute Gasteiger partial charge is 0.129 e. The number of aryl methyl sites for hydroxylation is 1. The van der Waals surface area contributed by atoms with Crippen molar-refractivity contribution in [1.82, 2.24) is 5.32 Å². The van der Waals surface area contributed by atoms with Gasteiger partial charge < -0.3 is 10.1 Å². The molecule has 0 amide bonds. The Morgan fingerprint density at radius 1 is 1.44 bits per heavy atom. The summed E-state index contributed by atoms with van der Waals surface area (Å²) in [6, 6.07) is 4.97. The van der Waals surface area contributed by atoms with Crippen molar-refractivity contribution in [1.29, 1.82) is 0 Å². The van der Waals surface area contributed by atoms with E-state index < -0.39 is 0 Å². The van der Waals surface area contributed by atoms with Gasteiger partial charge in [-0.3, -0.25) is 0 Å². The first-order valence-corrected chi connectivity index (χ1v) is 5.77. The molecule has 0 bridgehead atoms. The Balaban J connectivity index is 2.43. The summed E-state index contributed by atoms with van der Waals surface area (Å²) in [7, 11) is 0. The van der Waals surface area contributed by atoms with E-state index in [9.17, 15) is 4.39 Å². The van der Waals surface area contributed by atoms with Gasteiger partial charge in [0, 0.05) is 12.6 Å². The minimum Gasteiger partial charge on any atom is -0.489 e. The number of hydrogen-bond donors (Lipinski definition) is 1. The van der Waals surface area contributed by atoms with Crippen molar-refractivity contribution in [2.45, 2.75) is 33.3 Å². The Morgan fingerprint density at radius 3 is 2.81 bits per heavy atom. The number of halogens is 1. The molecular formula is C13H20FNO. The molecule has 1 rings (SSSR count). The molecular weight excluding hydrogens is 205 g/mol. The second-order valence-corrected chi connectivity index (χ2v) is 4.04. The molecule has 0 heterocycles. The van der Waals surface area contributed by atoms with Crippen LogP contribution in [0.3, 0.4) is 0 Å². The van der Waals surface area contributed by atoms with Gasteiger partial charge in [-0.05, 0) is 38.4 Å². The minimum atomic E-state index is -0.216. The fraction of sp³-hybridized carbons (Fsp3) is 0.538. The lowest BCUT2D eigenvalue weighted by Crippen LogP contribution is -2.29. The standard InChI is InChI=1S/C13H20FNO/c1-4-7-15-9-11(3)16-12-6-5-10(2)13(14)8-12/h5-6,8,11,15H,4,7,9H2,1-3H3. The molecule has 1 N–H and O–H groups in total. The second kappa shape index (κ2) is 6.48. The van der Waals surface area contributed by atoms with Crippen LogP contribution in [0.5, 0.6) is 5.75 Å². The minimum absolute atomic E-state index is 0.0497. The van der Waals surface area contributed by atoms with Crippen LogP contribution >= 0.6 is 0 Å². The molecule has 2 nitrogen and oxygen atoms in total. The normalized spacial score (nSPS) is 12.5. The maximum atomic E-state index is 13.2. The molecule has 16 heavy (non-hydrogen) atoms. The Morgan fingerprint density at radius 2 is 2.19 bits per heavy atom. The Labute approximate surface area is 96.8 Å². The van der Waals surface area contributed by atoms with Gasteiger partial charge >= 0.3 is 0 Å². The molecule has 0 aliphatic carbocycles. The molecule has 0 radical (unpaired) electrons. The zero-order valence-corrected chi connectivity index (χ0v) is 10.2. The highest BCUT2D eigenvalue weighted by atomic mass is 19.1. The Hall–Kier alpha value is -1.09. The van der Waals surface area contributed by atoms with Crippen molar-refractivity contribution in [2.75, 3.05) is 13.1 Å². The fourth-order valence-corrected chi connectivity index (χ4v) is 1.40. The first-order chi connectivity index (χ1) is 7.63. The summed E-state index contributed by atoms with van der Waals surface area (Å²) < 4.78 is 18.8. The van der Waals surface area contributed by atoms with E-state index in [0.717, 1.165) is 19.5 Å². The van der Waals surface area contributed by atoms with Crippen molar-refractivity contribution in [2.24, 2.45) is 0 Å². The van der Waals surface area contributed by atoms with Crippen LogP contribution in [0.25, 0.3) is 0 Å². The van der Waals surface area contributed by atoms with E-state index in [2.05, 4.69) is 12.2 Å². The summed E-state index contributed by atoms with van der Waals surface area (Å²) in [6.07, 6.45) is 1.15. The average Bonchev–Trinajstić information content (AvgIpc) is 2.24. The van der Waals surface area contributed by atoms with E-state index in [1.807, 2.05) is 6.92 Å². The molecule has 1 aromatic carbocycles. The highest BCUT2D eigenvalue weighted by Crippen LogP contribution is 2.16. The molecule has 90 valence electrons. The maximum absolute atomic E-state index is 13.2. The third kappa shape index (κ3) is 4.19. The third-order valence-corrected chi connectivity index (χ3v) is 2.34. The number of nitrogens with one attached hydrogen (secondary N) is 1. The van der Waals surface area contributed by atoms with Gasteiger partial charge in [-0.1, -0.05) is 13.0 Å². The van der Waals surface area contributed by atoms with E-state index in [1.165, 1.54) is 6.07 Å². The summed E-state index contributed by atoms with van der Waals surface area (Å²) in [4.78, 5) is 0. The van der Waals surface area contributed by atoms with Crippen molar-refractivity contribution in [3.05, 3.63) is 29.6 Å². The molecule has 3 heteroatoms. The summed E-state index contributed by atoms with van der Waals surface area (Å²) in [6.45, 7) is 7.60. The third-order valence-electron chi connectivity index (χ3n) is 2.34. The molecule has 1 atom stereocenters. The largest absolute Gasteiger partial charge is 0.489 e. The van der Waals surface area contributed by atoms with Gasteiger partial charge in [0.1, 0.15) is 17.7 Å². The van der Waals surface area contributed by atoms with E-state index in [0.29, 0.717) is 11.3 Å². The summed E-state index contributed by atoms with van der Waals surface area (Å²) in [5.41, 5.74) is 0.643. The fourth-order valence-electron chi connectivity index (χ4n) is 1.40. The monoisotopic (exact) mass is 225 g/mol. The summed E-state index contributed by atoms with van der Waals surface area (Å²) >= 11 is 0. The first kappa shape index (κ1) is 13.0. The van der Waals surface area contributed by atoms with Crippen LogP contribution in [0.15, 0.2) is 18.2 Å². The van der Waals surface area contributed by atoms with Gasteiger partial charge in [-0.15, -0.1) is 0 Å². The van der Waals surface area contributed by atoms with Crippen LogP contribution in [0.1, 0.15) is 25.8 Å². The van der Waals surface area contributed by atoms with Crippen molar-refractivity contribution in [3.8, 4) is 5.75 Å². The number of ether oxygens (including phenoxy) is 1. The molecule has 0 aromatic heterocycles. The summed E-state index contributed by atoms with van der Waals surface area (Å²) in [5.74, 6) is 0.375. The lowest BCUT2D eigenvalue weighted by Gasteiger charge is -2.15. The topological polar surface area (TPSA) is 21.3 Å². The van der Waals surface area contributed by atoms with E-state index in [-0.39, 0.29) is 11.9 Å². The van der Waals surface area contributed by atoms with Gasteiger partial charge in [0.05, 0.1) is 0 Å². The lowest BCUT2D eigenvalue weighted by atomic mass is 10.2. The van der Waals surface area contributed by atoms with Crippen molar-refractivity contribution in [3.63, 3.8) is 0 Å². The predicted octanol–water partition coefficient (Wildman–Crippen LogP) is 2.90. The first-order valence-electron chi connectivity index (χ1n) is 5.77. The van der Waals surface area contributed by atoms with Gasteiger partial charge in [-0.25, -0.2) is 4.39 Å². The van der Waals surface area contributed by atoms with Gasteiger partial charge in [0.15, 0.2) is 0 Å². The van der Waals surface area contributed by atoms with Crippen molar-refractivity contribution < 1.29 is 9.13 Å². The van der Waals surface area contributed by atoms with Crippen LogP contribution in [0.4, 0.5) is 4.39 Å².